The number of fused-ring (bicyclic) bond motifs is 1. The second-order valence-corrected chi connectivity index (χ2v) is 9.92. The molecule has 1 aliphatic rings. The fourth-order valence-corrected chi connectivity index (χ4v) is 4.89. The predicted molar refractivity (Wildman–Crippen MR) is 140 cm³/mol. The largest absolute Gasteiger partial charge is 0.435 e. The summed E-state index contributed by atoms with van der Waals surface area (Å²) >= 11 is 0. The number of nitrogens with one attached hydrogen (secondary N) is 1. The number of alkyl halides is 5. The first-order valence-electron chi connectivity index (χ1n) is 12.6. The van der Waals surface area contributed by atoms with E-state index in [0.717, 1.165) is 6.07 Å². The topological polar surface area (TPSA) is 72.0 Å². The van der Waals surface area contributed by atoms with Gasteiger partial charge in [0.1, 0.15) is 23.2 Å². The van der Waals surface area contributed by atoms with Gasteiger partial charge in [-0.25, -0.2) is 18.2 Å². The second kappa shape index (κ2) is 9.91. The first-order valence-corrected chi connectivity index (χ1v) is 12.6. The Kier molecular flexibility index (Phi) is 6.48. The lowest BCUT2D eigenvalue weighted by molar-refractivity contribution is -0.136. The molecular formula is C28H22F6N6O. The Hall–Kier alpha value is -4.39. The van der Waals surface area contributed by atoms with E-state index in [1.165, 1.54) is 29.4 Å². The van der Waals surface area contributed by atoms with E-state index in [1.54, 1.807) is 41.9 Å². The van der Waals surface area contributed by atoms with Crippen LogP contribution in [0, 0.1) is 5.82 Å². The maximum absolute atomic E-state index is 14.2. The fourth-order valence-electron chi connectivity index (χ4n) is 4.89. The van der Waals surface area contributed by atoms with E-state index in [-0.39, 0.29) is 43.3 Å². The van der Waals surface area contributed by atoms with Crippen molar-refractivity contribution in [2.24, 2.45) is 7.05 Å². The molecule has 1 saturated heterocycles. The molecule has 3 heterocycles. The zero-order chi connectivity index (χ0) is 28.9. The Balaban J connectivity index is 1.34. The number of hydrogen-bond donors (Lipinski definition) is 1. The summed E-state index contributed by atoms with van der Waals surface area (Å²) in [6.07, 6.45) is -3.24. The van der Waals surface area contributed by atoms with E-state index >= 15 is 0 Å². The molecule has 3 aromatic carbocycles. The van der Waals surface area contributed by atoms with Gasteiger partial charge in [0.15, 0.2) is 11.4 Å². The molecule has 1 N–H and O–H groups in total. The van der Waals surface area contributed by atoms with Gasteiger partial charge in [-0.2, -0.15) is 13.2 Å². The average molecular weight is 573 g/mol. The van der Waals surface area contributed by atoms with Crippen molar-refractivity contribution in [2.45, 2.75) is 12.1 Å². The van der Waals surface area contributed by atoms with Crippen molar-refractivity contribution < 1.29 is 30.8 Å². The van der Waals surface area contributed by atoms with E-state index < -0.39 is 29.1 Å². The van der Waals surface area contributed by atoms with Gasteiger partial charge < -0.3 is 14.3 Å². The molecule has 0 saturated carbocycles. The summed E-state index contributed by atoms with van der Waals surface area (Å²) in [6, 6.07) is 13.4. The first kappa shape index (κ1) is 26.8. The number of hydrogen-bond acceptors (Lipinski definition) is 6. The molecule has 2 aromatic heterocycles. The highest BCUT2D eigenvalue weighted by atomic mass is 19.4. The van der Waals surface area contributed by atoms with Gasteiger partial charge in [0.25, 0.3) is 5.92 Å². The van der Waals surface area contributed by atoms with Crippen molar-refractivity contribution in [1.29, 1.82) is 0 Å². The normalized spacial score (nSPS) is 15.3. The summed E-state index contributed by atoms with van der Waals surface area (Å²) in [5.74, 6) is -2.78. The van der Waals surface area contributed by atoms with Crippen LogP contribution in [0.3, 0.4) is 0 Å². The van der Waals surface area contributed by atoms with E-state index in [0.29, 0.717) is 28.1 Å². The molecule has 0 bridgehead atoms. The van der Waals surface area contributed by atoms with Gasteiger partial charge in [0.05, 0.1) is 13.1 Å². The Morgan fingerprint density at radius 1 is 1.00 bits per heavy atom. The van der Waals surface area contributed by atoms with Crippen LogP contribution in [0.4, 0.5) is 32.0 Å². The van der Waals surface area contributed by atoms with E-state index in [9.17, 15) is 26.3 Å². The fraction of sp³-hybridized carbons (Fsp3) is 0.250. The molecule has 1 aliphatic heterocycles. The van der Waals surface area contributed by atoms with Crippen LogP contribution in [-0.2, 0) is 13.2 Å². The number of nitrogens with zero attached hydrogens (tertiary/aromatic N) is 5. The summed E-state index contributed by atoms with van der Waals surface area (Å²) < 4.78 is 89.5. The maximum Gasteiger partial charge on any atom is 0.420 e. The number of benzene rings is 3. The number of halogens is 6. The lowest BCUT2D eigenvalue weighted by Crippen LogP contribution is -2.57. The monoisotopic (exact) mass is 572 g/mol. The van der Waals surface area contributed by atoms with Crippen LogP contribution in [0.15, 0.2) is 65.3 Å². The minimum Gasteiger partial charge on any atom is -0.435 e. The summed E-state index contributed by atoms with van der Waals surface area (Å²) in [4.78, 5) is 5.85. The molecule has 0 radical (unpaired) electrons. The standard InChI is InChI=1S/C28H22F6N6O/c1-39-15-36-38-25(39)21-10-18(29)5-6-20(21)16-3-2-4-17(9-16)26-37-23-12-19(11-22(24(23)41-26)28(32,33)34)35-7-8-40-13-27(30,31)14-40/h2-6,9-12,15,35H,7-8,13-14H2,1H3. The smallest absolute Gasteiger partial charge is 0.420 e. The highest BCUT2D eigenvalue weighted by Crippen LogP contribution is 2.40. The molecule has 7 nitrogen and oxygen atoms in total. The van der Waals surface area contributed by atoms with Gasteiger partial charge >= 0.3 is 6.18 Å². The van der Waals surface area contributed by atoms with E-state index in [2.05, 4.69) is 20.5 Å². The zero-order valence-corrected chi connectivity index (χ0v) is 21.5. The van der Waals surface area contributed by atoms with Crippen molar-refractivity contribution in [1.82, 2.24) is 24.6 Å². The van der Waals surface area contributed by atoms with Gasteiger partial charge in [0, 0.05) is 37.0 Å². The SMILES string of the molecule is Cn1cnnc1-c1cc(F)ccc1-c1cccc(-c2nc3cc(NCCN4CC(F)(F)C4)cc(C(F)(F)F)c3o2)c1. The Morgan fingerprint density at radius 2 is 1.78 bits per heavy atom. The summed E-state index contributed by atoms with van der Waals surface area (Å²) in [6.45, 7) is -0.306. The Morgan fingerprint density at radius 3 is 2.49 bits per heavy atom. The van der Waals surface area contributed by atoms with Crippen molar-refractivity contribution in [2.75, 3.05) is 31.5 Å². The van der Waals surface area contributed by atoms with Crippen LogP contribution in [0.2, 0.25) is 0 Å². The van der Waals surface area contributed by atoms with Crippen LogP contribution in [-0.4, -0.2) is 56.7 Å². The first-order chi connectivity index (χ1) is 19.5. The third-order valence-corrected chi connectivity index (χ3v) is 6.82. The molecule has 0 atom stereocenters. The van der Waals surface area contributed by atoms with Gasteiger partial charge in [-0.05, 0) is 47.5 Å². The Bertz CT molecular complexity index is 1740. The highest BCUT2D eigenvalue weighted by Gasteiger charge is 2.43. The molecule has 0 spiro atoms. The summed E-state index contributed by atoms with van der Waals surface area (Å²) in [5.41, 5.74) is 0.856. The Labute approximate surface area is 229 Å². The number of rotatable bonds is 7. The van der Waals surface area contributed by atoms with Gasteiger partial charge in [-0.15, -0.1) is 10.2 Å². The quantitative estimate of drug-likeness (QED) is 0.225. The van der Waals surface area contributed by atoms with Gasteiger partial charge in [-0.1, -0.05) is 18.2 Å². The van der Waals surface area contributed by atoms with E-state index in [1.807, 2.05) is 0 Å². The number of oxazole rings is 1. The minimum atomic E-state index is -4.73. The average Bonchev–Trinajstić information content (AvgIpc) is 3.52. The maximum atomic E-state index is 14.2. The second-order valence-electron chi connectivity index (χ2n) is 9.92. The molecule has 1 fully saturated rings. The highest BCUT2D eigenvalue weighted by molar-refractivity contribution is 5.86. The van der Waals surface area contributed by atoms with Crippen LogP contribution in [0.5, 0.6) is 0 Å². The molecule has 0 amide bonds. The lowest BCUT2D eigenvalue weighted by atomic mass is 9.97. The molecular weight excluding hydrogens is 550 g/mol. The van der Waals surface area contributed by atoms with Gasteiger partial charge in [0.2, 0.25) is 5.89 Å². The lowest BCUT2D eigenvalue weighted by Gasteiger charge is -2.38. The summed E-state index contributed by atoms with van der Waals surface area (Å²) in [5, 5.41) is 10.8. The number of aromatic nitrogens is 4. The van der Waals surface area contributed by atoms with Crippen molar-refractivity contribution in [3.05, 3.63) is 72.3 Å². The zero-order valence-electron chi connectivity index (χ0n) is 21.5. The van der Waals surface area contributed by atoms with Crippen LogP contribution >= 0.6 is 0 Å². The number of anilines is 1. The molecule has 5 aromatic rings. The number of aryl methyl sites for hydroxylation is 1. The van der Waals surface area contributed by atoms with E-state index in [4.69, 9.17) is 4.42 Å². The van der Waals surface area contributed by atoms with Crippen molar-refractivity contribution >= 4 is 16.8 Å². The van der Waals surface area contributed by atoms with Crippen molar-refractivity contribution in [3.63, 3.8) is 0 Å². The molecule has 13 heteroatoms. The van der Waals surface area contributed by atoms with Gasteiger partial charge in [-0.3, -0.25) is 4.90 Å². The molecule has 0 aliphatic carbocycles. The molecule has 0 unspecified atom stereocenters. The molecule has 6 rings (SSSR count). The predicted octanol–water partition coefficient (Wildman–Crippen LogP) is 6.48. The number of likely N-dealkylation sites (tertiary alicyclic amines) is 1. The molecule has 212 valence electrons. The van der Waals surface area contributed by atoms with Crippen LogP contribution < -0.4 is 5.32 Å². The molecule has 41 heavy (non-hydrogen) atoms. The third-order valence-electron chi connectivity index (χ3n) is 6.82. The third kappa shape index (κ3) is 5.36. The van der Waals surface area contributed by atoms with Crippen LogP contribution in [0.25, 0.3) is 45.1 Å². The van der Waals surface area contributed by atoms with Crippen molar-refractivity contribution in [3.8, 4) is 34.0 Å². The summed E-state index contributed by atoms with van der Waals surface area (Å²) in [7, 11) is 1.73. The van der Waals surface area contributed by atoms with Crippen LogP contribution in [0.1, 0.15) is 5.56 Å². The minimum absolute atomic E-state index is 0.0141.